The number of pyridine rings is 1. The van der Waals surface area contributed by atoms with Crippen LogP contribution in [0.2, 0.25) is 5.02 Å². The van der Waals surface area contributed by atoms with Gasteiger partial charge >= 0.3 is 5.97 Å². The van der Waals surface area contributed by atoms with E-state index in [1.54, 1.807) is 6.07 Å². The number of carboxylic acid groups (broad SMARTS) is 1. The number of aromatic carboxylic acids is 1. The van der Waals surface area contributed by atoms with Crippen LogP contribution in [0.25, 0.3) is 0 Å². The van der Waals surface area contributed by atoms with Crippen molar-refractivity contribution in [2.75, 3.05) is 11.9 Å². The Morgan fingerprint density at radius 1 is 1.42 bits per heavy atom. The fraction of sp³-hybridized carbons (Fsp3) is 0.417. The van der Waals surface area contributed by atoms with Gasteiger partial charge < -0.3 is 15.7 Å². The second kappa shape index (κ2) is 5.88. The zero-order valence-electron chi connectivity index (χ0n) is 10.1. The number of hydrogen-bond acceptors (Lipinski definition) is 4. The number of anilines is 1. The van der Waals surface area contributed by atoms with Crippen LogP contribution >= 0.6 is 11.6 Å². The van der Waals surface area contributed by atoms with Crippen LogP contribution in [0.5, 0.6) is 0 Å². The summed E-state index contributed by atoms with van der Waals surface area (Å²) in [5.41, 5.74) is -0.200. The number of hydrogen-bond donors (Lipinski definition) is 3. The summed E-state index contributed by atoms with van der Waals surface area (Å²) in [7, 11) is 0. The van der Waals surface area contributed by atoms with Crippen molar-refractivity contribution < 1.29 is 14.7 Å². The van der Waals surface area contributed by atoms with Gasteiger partial charge in [0.2, 0.25) is 5.91 Å². The third kappa shape index (κ3) is 4.10. The first-order chi connectivity index (χ1) is 9.06. The molecule has 1 heterocycles. The molecule has 2 rings (SSSR count). The Morgan fingerprint density at radius 3 is 2.79 bits per heavy atom. The molecule has 0 saturated heterocycles. The Morgan fingerprint density at radius 2 is 2.16 bits per heavy atom. The van der Waals surface area contributed by atoms with Gasteiger partial charge in [-0.15, -0.1) is 0 Å². The van der Waals surface area contributed by atoms with Crippen LogP contribution in [-0.4, -0.2) is 34.6 Å². The van der Waals surface area contributed by atoms with Crippen molar-refractivity contribution in [1.29, 1.82) is 0 Å². The molecule has 1 aromatic rings. The average molecular weight is 284 g/mol. The Labute approximate surface area is 115 Å². The first kappa shape index (κ1) is 13.6. The summed E-state index contributed by atoms with van der Waals surface area (Å²) in [6.07, 6.45) is 2.43. The van der Waals surface area contributed by atoms with Crippen molar-refractivity contribution in [3.05, 3.63) is 22.8 Å². The molecule has 1 aromatic heterocycles. The molecule has 102 valence electrons. The highest BCUT2D eigenvalue weighted by Gasteiger charge is 2.22. The van der Waals surface area contributed by atoms with E-state index in [1.807, 2.05) is 0 Å². The van der Waals surface area contributed by atoms with Crippen molar-refractivity contribution in [1.82, 2.24) is 10.3 Å². The minimum absolute atomic E-state index is 0.0116. The summed E-state index contributed by atoms with van der Waals surface area (Å²) >= 11 is 5.70. The molecule has 1 aliphatic rings. The smallest absolute Gasteiger partial charge is 0.356 e. The van der Waals surface area contributed by atoms with Crippen LogP contribution in [0.15, 0.2) is 12.1 Å². The number of nitrogens with one attached hydrogen (secondary N) is 2. The lowest BCUT2D eigenvalue weighted by Crippen LogP contribution is -2.27. The zero-order valence-corrected chi connectivity index (χ0v) is 10.9. The fourth-order valence-electron chi connectivity index (χ4n) is 1.52. The van der Waals surface area contributed by atoms with E-state index in [9.17, 15) is 9.59 Å². The molecule has 0 spiro atoms. The van der Waals surface area contributed by atoms with Gasteiger partial charge in [0.15, 0.2) is 5.69 Å². The van der Waals surface area contributed by atoms with Crippen LogP contribution in [-0.2, 0) is 4.79 Å². The molecule has 1 fully saturated rings. The van der Waals surface area contributed by atoms with Crippen molar-refractivity contribution in [3.63, 3.8) is 0 Å². The Hall–Kier alpha value is -1.82. The van der Waals surface area contributed by atoms with Gasteiger partial charge in [-0.1, -0.05) is 11.6 Å². The molecular formula is C12H14ClN3O3. The first-order valence-corrected chi connectivity index (χ1v) is 6.37. The molecule has 1 aliphatic carbocycles. The number of aromatic nitrogens is 1. The van der Waals surface area contributed by atoms with E-state index in [4.69, 9.17) is 16.7 Å². The minimum Gasteiger partial charge on any atom is -0.476 e. The topological polar surface area (TPSA) is 91.3 Å². The van der Waals surface area contributed by atoms with Gasteiger partial charge in [0, 0.05) is 19.0 Å². The third-order valence-corrected chi connectivity index (χ3v) is 2.95. The van der Waals surface area contributed by atoms with Gasteiger partial charge in [-0.25, -0.2) is 9.78 Å². The molecular weight excluding hydrogens is 270 g/mol. The summed E-state index contributed by atoms with van der Waals surface area (Å²) in [5.74, 6) is -0.802. The maximum Gasteiger partial charge on any atom is 0.356 e. The Kier molecular flexibility index (Phi) is 4.21. The molecule has 1 saturated carbocycles. The predicted molar refractivity (Wildman–Crippen MR) is 70.5 cm³/mol. The molecule has 19 heavy (non-hydrogen) atoms. The summed E-state index contributed by atoms with van der Waals surface area (Å²) < 4.78 is 0. The van der Waals surface area contributed by atoms with Gasteiger partial charge in [0.25, 0.3) is 0 Å². The monoisotopic (exact) mass is 283 g/mol. The van der Waals surface area contributed by atoms with E-state index in [-0.39, 0.29) is 16.6 Å². The largest absolute Gasteiger partial charge is 0.476 e. The number of carbonyl (C=O) groups is 2. The van der Waals surface area contributed by atoms with Crippen molar-refractivity contribution in [2.24, 2.45) is 0 Å². The van der Waals surface area contributed by atoms with E-state index >= 15 is 0 Å². The fourth-order valence-corrected chi connectivity index (χ4v) is 1.71. The number of halogens is 1. The minimum atomic E-state index is -1.18. The molecule has 3 N–H and O–H groups in total. The van der Waals surface area contributed by atoms with Crippen molar-refractivity contribution in [3.8, 4) is 0 Å². The highest BCUT2D eigenvalue weighted by Crippen LogP contribution is 2.19. The second-order valence-electron chi connectivity index (χ2n) is 4.35. The quantitative estimate of drug-likeness (QED) is 0.736. The maximum atomic E-state index is 11.4. The molecule has 0 aliphatic heterocycles. The lowest BCUT2D eigenvalue weighted by Gasteiger charge is -2.07. The number of amides is 1. The summed E-state index contributed by atoms with van der Waals surface area (Å²) in [6, 6.07) is 3.39. The Balaban J connectivity index is 1.83. The van der Waals surface area contributed by atoms with Gasteiger partial charge in [-0.3, -0.25) is 4.79 Å². The summed E-state index contributed by atoms with van der Waals surface area (Å²) in [5, 5.41) is 14.7. The highest BCUT2D eigenvalue weighted by molar-refractivity contribution is 6.33. The van der Waals surface area contributed by atoms with Crippen LogP contribution in [0, 0.1) is 0 Å². The lowest BCUT2D eigenvalue weighted by atomic mass is 10.3. The first-order valence-electron chi connectivity index (χ1n) is 5.99. The molecule has 0 radical (unpaired) electrons. The summed E-state index contributed by atoms with van der Waals surface area (Å²) in [4.78, 5) is 26.1. The molecule has 0 unspecified atom stereocenters. The third-order valence-electron chi connectivity index (χ3n) is 2.65. The number of rotatable bonds is 6. The van der Waals surface area contributed by atoms with Crippen LogP contribution in [0.1, 0.15) is 29.8 Å². The predicted octanol–water partition coefficient (Wildman–Crippen LogP) is 1.51. The molecule has 0 atom stereocenters. The summed E-state index contributed by atoms with van der Waals surface area (Å²) in [6.45, 7) is 0.395. The molecule has 6 nitrogen and oxygen atoms in total. The standard InChI is InChI=1S/C12H14ClN3O3/c13-8-3-4-9(16-11(8)12(18)19)14-6-5-10(17)15-7-1-2-7/h3-4,7H,1-2,5-6H2,(H,14,16)(H,15,17)(H,18,19). The average Bonchev–Trinajstić information content (AvgIpc) is 3.14. The van der Waals surface area contributed by atoms with E-state index in [0.717, 1.165) is 12.8 Å². The lowest BCUT2D eigenvalue weighted by molar-refractivity contribution is -0.120. The maximum absolute atomic E-state index is 11.4. The number of carboxylic acids is 1. The second-order valence-corrected chi connectivity index (χ2v) is 4.76. The normalized spacial score (nSPS) is 13.9. The van der Waals surface area contributed by atoms with E-state index in [1.165, 1.54) is 6.07 Å². The van der Waals surface area contributed by atoms with Gasteiger partial charge in [-0.05, 0) is 25.0 Å². The van der Waals surface area contributed by atoms with Crippen molar-refractivity contribution in [2.45, 2.75) is 25.3 Å². The van der Waals surface area contributed by atoms with E-state index < -0.39 is 5.97 Å². The Bertz CT molecular complexity index is 503. The molecule has 7 heteroatoms. The van der Waals surface area contributed by atoms with E-state index in [2.05, 4.69) is 15.6 Å². The van der Waals surface area contributed by atoms with Crippen LogP contribution in [0.3, 0.4) is 0 Å². The SMILES string of the molecule is O=C(CCNc1ccc(Cl)c(C(=O)O)n1)NC1CC1. The van der Waals surface area contributed by atoms with Gasteiger partial charge in [0.05, 0.1) is 5.02 Å². The van der Waals surface area contributed by atoms with Gasteiger partial charge in [-0.2, -0.15) is 0 Å². The highest BCUT2D eigenvalue weighted by atomic mass is 35.5. The van der Waals surface area contributed by atoms with Crippen molar-refractivity contribution >= 4 is 29.3 Å². The number of nitrogens with zero attached hydrogens (tertiary/aromatic N) is 1. The van der Waals surface area contributed by atoms with Crippen LogP contribution in [0.4, 0.5) is 5.82 Å². The van der Waals surface area contributed by atoms with Crippen LogP contribution < -0.4 is 10.6 Å². The molecule has 1 amide bonds. The van der Waals surface area contributed by atoms with E-state index in [0.29, 0.717) is 24.8 Å². The molecule has 0 bridgehead atoms. The van der Waals surface area contributed by atoms with Gasteiger partial charge in [0.1, 0.15) is 5.82 Å². The zero-order chi connectivity index (χ0) is 13.8. The number of carbonyl (C=O) groups excluding carboxylic acids is 1. The molecule has 0 aromatic carbocycles.